The molecule has 158 valence electrons. The predicted molar refractivity (Wildman–Crippen MR) is 119 cm³/mol. The minimum Gasteiger partial charge on any atom is -0.492 e. The van der Waals surface area contributed by atoms with Gasteiger partial charge in [-0.05, 0) is 30.9 Å². The van der Waals surface area contributed by atoms with Crippen molar-refractivity contribution in [3.63, 3.8) is 0 Å². The molecule has 2 aliphatic heterocycles. The average molecular weight is 434 g/mol. The van der Waals surface area contributed by atoms with Crippen LogP contribution >= 0.6 is 11.3 Å². The maximum Gasteiger partial charge on any atom is 0.250 e. The average Bonchev–Trinajstić information content (AvgIpc) is 3.34. The predicted octanol–water partition coefficient (Wildman–Crippen LogP) is 3.18. The first-order valence-electron chi connectivity index (χ1n) is 10.6. The van der Waals surface area contributed by atoms with Gasteiger partial charge in [0, 0.05) is 37.3 Å². The molecule has 0 spiro atoms. The highest BCUT2D eigenvalue weighted by molar-refractivity contribution is 7.17. The van der Waals surface area contributed by atoms with Crippen LogP contribution in [0.25, 0.3) is 4.96 Å². The number of aromatic nitrogens is 4. The minimum atomic E-state index is -0.0821. The Morgan fingerprint density at radius 3 is 2.77 bits per heavy atom. The van der Waals surface area contributed by atoms with Gasteiger partial charge < -0.3 is 9.67 Å². The summed E-state index contributed by atoms with van der Waals surface area (Å²) >= 11 is 1.49. The molecule has 2 bridgehead atoms. The van der Waals surface area contributed by atoms with E-state index < -0.39 is 0 Å². The molecule has 1 aromatic carbocycles. The van der Waals surface area contributed by atoms with Gasteiger partial charge in [0.05, 0.1) is 10.9 Å². The second-order valence-electron chi connectivity index (χ2n) is 8.71. The SMILES string of the molecule is Cc1ccc(C(c2sc3ncnn3c2O)N2CC3CC(C2)c2cccc(=O)n2C3)cc1. The van der Waals surface area contributed by atoms with Crippen LogP contribution < -0.4 is 5.56 Å². The van der Waals surface area contributed by atoms with Crippen LogP contribution in [0.5, 0.6) is 5.88 Å². The number of benzene rings is 1. The summed E-state index contributed by atoms with van der Waals surface area (Å²) in [6.07, 6.45) is 2.57. The molecular weight excluding hydrogens is 410 g/mol. The van der Waals surface area contributed by atoms with Crippen LogP contribution in [0.2, 0.25) is 0 Å². The third kappa shape index (κ3) is 3.01. The summed E-state index contributed by atoms with van der Waals surface area (Å²) in [7, 11) is 0. The summed E-state index contributed by atoms with van der Waals surface area (Å²) in [6.45, 7) is 4.55. The number of aryl methyl sites for hydroxylation is 1. The largest absolute Gasteiger partial charge is 0.492 e. The van der Waals surface area contributed by atoms with Crippen LogP contribution in [0, 0.1) is 12.8 Å². The van der Waals surface area contributed by atoms with Gasteiger partial charge in [-0.1, -0.05) is 47.2 Å². The van der Waals surface area contributed by atoms with Crippen molar-refractivity contribution < 1.29 is 5.11 Å². The van der Waals surface area contributed by atoms with Crippen LogP contribution in [0.15, 0.2) is 53.6 Å². The Labute approximate surface area is 183 Å². The summed E-state index contributed by atoms with van der Waals surface area (Å²) in [5.74, 6) is 0.873. The first-order chi connectivity index (χ1) is 15.1. The van der Waals surface area contributed by atoms with E-state index in [1.54, 1.807) is 6.07 Å². The molecule has 4 aromatic rings. The summed E-state index contributed by atoms with van der Waals surface area (Å²) in [5.41, 5.74) is 3.58. The van der Waals surface area contributed by atoms with Gasteiger partial charge in [-0.2, -0.15) is 9.61 Å². The summed E-state index contributed by atoms with van der Waals surface area (Å²) in [5, 5.41) is 15.2. The van der Waals surface area contributed by atoms with Gasteiger partial charge in [0.1, 0.15) is 6.33 Å². The standard InChI is InChI=1S/C23H23N5O2S/c1-14-5-7-16(8-6-14)20(21-22(30)28-23(31-21)24-13-25-28)26-10-15-9-17(12-26)18-3-2-4-19(29)27(18)11-15/h2-8,13,15,17,20,30H,9-12H2,1H3. The molecule has 3 atom stereocenters. The maximum absolute atomic E-state index is 12.4. The van der Waals surface area contributed by atoms with E-state index in [0.29, 0.717) is 16.8 Å². The van der Waals surface area contributed by atoms with E-state index in [0.717, 1.165) is 42.2 Å². The smallest absolute Gasteiger partial charge is 0.250 e. The number of rotatable bonds is 3. The molecule has 5 heterocycles. The number of hydrogen-bond donors (Lipinski definition) is 1. The minimum absolute atomic E-state index is 0.0821. The summed E-state index contributed by atoms with van der Waals surface area (Å²) < 4.78 is 3.47. The maximum atomic E-state index is 12.4. The molecule has 2 aliphatic rings. The second-order valence-corrected chi connectivity index (χ2v) is 9.72. The second kappa shape index (κ2) is 7.03. The number of thiazole rings is 1. The highest BCUT2D eigenvalue weighted by Gasteiger charge is 2.39. The van der Waals surface area contributed by atoms with Crippen LogP contribution in [0.4, 0.5) is 0 Å². The van der Waals surface area contributed by atoms with Crippen LogP contribution in [0.3, 0.4) is 0 Å². The molecule has 1 saturated heterocycles. The molecule has 7 nitrogen and oxygen atoms in total. The van der Waals surface area contributed by atoms with Gasteiger partial charge in [0.15, 0.2) is 0 Å². The Bertz CT molecular complexity index is 1320. The Morgan fingerprint density at radius 1 is 1.13 bits per heavy atom. The molecule has 0 aliphatic carbocycles. The van der Waals surface area contributed by atoms with Crippen molar-refractivity contribution in [2.45, 2.75) is 31.8 Å². The highest BCUT2D eigenvalue weighted by atomic mass is 32.1. The van der Waals surface area contributed by atoms with Gasteiger partial charge in [-0.15, -0.1) is 0 Å². The molecule has 0 radical (unpaired) electrons. The molecule has 0 amide bonds. The van der Waals surface area contributed by atoms with E-state index in [1.165, 1.54) is 27.7 Å². The lowest BCUT2D eigenvalue weighted by Gasteiger charge is -2.45. The van der Waals surface area contributed by atoms with Crippen molar-refractivity contribution in [3.8, 4) is 5.88 Å². The van der Waals surface area contributed by atoms with E-state index in [9.17, 15) is 9.90 Å². The molecule has 31 heavy (non-hydrogen) atoms. The van der Waals surface area contributed by atoms with Gasteiger partial charge in [0.25, 0.3) is 5.56 Å². The quantitative estimate of drug-likeness (QED) is 0.537. The lowest BCUT2D eigenvalue weighted by Crippen LogP contribution is -2.48. The van der Waals surface area contributed by atoms with E-state index in [4.69, 9.17) is 0 Å². The topological polar surface area (TPSA) is 75.7 Å². The third-order valence-corrected chi connectivity index (χ3v) is 7.74. The van der Waals surface area contributed by atoms with Crippen molar-refractivity contribution in [2.75, 3.05) is 13.1 Å². The summed E-state index contributed by atoms with van der Waals surface area (Å²) in [4.78, 5) is 20.7. The fraction of sp³-hybridized carbons (Fsp3) is 0.348. The lowest BCUT2D eigenvalue weighted by atomic mass is 9.82. The first kappa shape index (κ1) is 18.8. The van der Waals surface area contributed by atoms with Gasteiger partial charge >= 0.3 is 0 Å². The van der Waals surface area contributed by atoms with Crippen LogP contribution in [-0.2, 0) is 6.54 Å². The molecule has 8 heteroatoms. The van der Waals surface area contributed by atoms with Gasteiger partial charge in [0.2, 0.25) is 10.8 Å². The Balaban J connectivity index is 1.45. The molecule has 0 saturated carbocycles. The first-order valence-corrected chi connectivity index (χ1v) is 11.4. The van der Waals surface area contributed by atoms with E-state index in [-0.39, 0.29) is 17.5 Å². The Kier molecular flexibility index (Phi) is 4.26. The zero-order valence-electron chi connectivity index (χ0n) is 17.2. The third-order valence-electron chi connectivity index (χ3n) is 6.65. The molecular formula is C23H23N5O2S. The number of fused-ring (bicyclic) bond motifs is 5. The van der Waals surface area contributed by atoms with Crippen molar-refractivity contribution >= 4 is 16.3 Å². The van der Waals surface area contributed by atoms with Gasteiger partial charge in [-0.25, -0.2) is 4.98 Å². The van der Waals surface area contributed by atoms with Gasteiger partial charge in [-0.3, -0.25) is 9.69 Å². The Hall–Kier alpha value is -2.97. The number of aromatic hydroxyl groups is 1. The number of hydrogen-bond acceptors (Lipinski definition) is 6. The van der Waals surface area contributed by atoms with Crippen molar-refractivity contribution in [3.05, 3.63) is 80.8 Å². The van der Waals surface area contributed by atoms with E-state index in [2.05, 4.69) is 52.2 Å². The number of nitrogens with zero attached hydrogens (tertiary/aromatic N) is 5. The van der Waals surface area contributed by atoms with E-state index in [1.807, 2.05) is 10.6 Å². The van der Waals surface area contributed by atoms with Crippen molar-refractivity contribution in [2.24, 2.45) is 5.92 Å². The van der Waals surface area contributed by atoms with E-state index >= 15 is 0 Å². The lowest BCUT2D eigenvalue weighted by molar-refractivity contribution is 0.0952. The summed E-state index contributed by atoms with van der Waals surface area (Å²) in [6, 6.07) is 14.1. The highest BCUT2D eigenvalue weighted by Crippen LogP contribution is 2.44. The molecule has 3 aromatic heterocycles. The van der Waals surface area contributed by atoms with Crippen LogP contribution in [0.1, 0.15) is 40.1 Å². The van der Waals surface area contributed by atoms with Crippen molar-refractivity contribution in [1.82, 2.24) is 24.1 Å². The van der Waals surface area contributed by atoms with Crippen LogP contribution in [-0.4, -0.2) is 42.3 Å². The molecule has 1 fully saturated rings. The zero-order chi connectivity index (χ0) is 21.1. The number of piperidine rings is 1. The van der Waals surface area contributed by atoms with Crippen molar-refractivity contribution in [1.29, 1.82) is 0 Å². The molecule has 1 N–H and O–H groups in total. The molecule has 6 rings (SSSR count). The number of pyridine rings is 1. The number of likely N-dealkylation sites (tertiary alicyclic amines) is 1. The fourth-order valence-corrected chi connectivity index (χ4v) is 6.38. The fourth-order valence-electron chi connectivity index (χ4n) is 5.29. The molecule has 3 unspecified atom stereocenters. The zero-order valence-corrected chi connectivity index (χ0v) is 18.0. The normalized spacial score (nSPS) is 21.8. The monoisotopic (exact) mass is 433 g/mol. The Morgan fingerprint density at radius 2 is 1.97 bits per heavy atom.